The van der Waals surface area contributed by atoms with Crippen LogP contribution in [0.4, 0.5) is 4.79 Å². The zero-order chi connectivity index (χ0) is 14.6. The minimum Gasteiger partial charge on any atom is -0.480 e. The SMILES string of the molecule is CC1(NC(=O)NC(Cc2cnc[nH]2)C(=O)O)CCOC1. The number of nitrogens with zero attached hydrogens (tertiary/aromatic N) is 1. The molecule has 1 aromatic heterocycles. The van der Waals surface area contributed by atoms with Crippen LogP contribution >= 0.6 is 0 Å². The lowest BCUT2D eigenvalue weighted by molar-refractivity contribution is -0.139. The Morgan fingerprint density at radius 3 is 3.00 bits per heavy atom. The lowest BCUT2D eigenvalue weighted by atomic mass is 10.0. The van der Waals surface area contributed by atoms with Gasteiger partial charge in [-0.2, -0.15) is 0 Å². The van der Waals surface area contributed by atoms with E-state index in [1.807, 2.05) is 6.92 Å². The van der Waals surface area contributed by atoms with Gasteiger partial charge in [0.2, 0.25) is 0 Å². The van der Waals surface area contributed by atoms with Gasteiger partial charge in [0.15, 0.2) is 0 Å². The van der Waals surface area contributed by atoms with E-state index in [2.05, 4.69) is 20.6 Å². The van der Waals surface area contributed by atoms with E-state index >= 15 is 0 Å². The molecule has 0 saturated carbocycles. The summed E-state index contributed by atoms with van der Waals surface area (Å²) in [6.07, 6.45) is 3.85. The van der Waals surface area contributed by atoms with Crippen molar-refractivity contribution in [3.8, 4) is 0 Å². The Morgan fingerprint density at radius 1 is 1.65 bits per heavy atom. The first-order valence-electron chi connectivity index (χ1n) is 6.35. The van der Waals surface area contributed by atoms with E-state index in [-0.39, 0.29) is 6.42 Å². The van der Waals surface area contributed by atoms with Crippen molar-refractivity contribution < 1.29 is 19.4 Å². The van der Waals surface area contributed by atoms with Crippen molar-refractivity contribution in [3.05, 3.63) is 18.2 Å². The summed E-state index contributed by atoms with van der Waals surface area (Å²) in [7, 11) is 0. The molecule has 4 N–H and O–H groups in total. The van der Waals surface area contributed by atoms with Crippen molar-refractivity contribution in [3.63, 3.8) is 0 Å². The number of aromatic amines is 1. The van der Waals surface area contributed by atoms with E-state index in [0.29, 0.717) is 25.3 Å². The molecule has 2 atom stereocenters. The van der Waals surface area contributed by atoms with Crippen molar-refractivity contribution in [2.24, 2.45) is 0 Å². The fraction of sp³-hybridized carbons (Fsp3) is 0.583. The third-order valence-electron chi connectivity index (χ3n) is 3.22. The van der Waals surface area contributed by atoms with Gasteiger partial charge in [-0.1, -0.05) is 0 Å². The third kappa shape index (κ3) is 3.70. The highest BCUT2D eigenvalue weighted by Gasteiger charge is 2.32. The van der Waals surface area contributed by atoms with Crippen LogP contribution in [0.1, 0.15) is 19.0 Å². The van der Waals surface area contributed by atoms with Crippen LogP contribution in [-0.4, -0.2) is 51.9 Å². The van der Waals surface area contributed by atoms with Crippen LogP contribution in [0.5, 0.6) is 0 Å². The van der Waals surface area contributed by atoms with Crippen LogP contribution in [0.15, 0.2) is 12.5 Å². The van der Waals surface area contributed by atoms with Gasteiger partial charge in [-0.15, -0.1) is 0 Å². The normalized spacial score (nSPS) is 23.2. The van der Waals surface area contributed by atoms with Crippen LogP contribution in [0, 0.1) is 0 Å². The van der Waals surface area contributed by atoms with Crippen LogP contribution in [0.2, 0.25) is 0 Å². The van der Waals surface area contributed by atoms with Gasteiger partial charge in [-0.3, -0.25) is 0 Å². The van der Waals surface area contributed by atoms with Crippen LogP contribution in [0.25, 0.3) is 0 Å². The maximum absolute atomic E-state index is 11.9. The van der Waals surface area contributed by atoms with Gasteiger partial charge in [0.25, 0.3) is 0 Å². The number of carbonyl (C=O) groups excluding carboxylic acids is 1. The minimum atomic E-state index is -1.09. The van der Waals surface area contributed by atoms with Gasteiger partial charge in [-0.25, -0.2) is 14.6 Å². The number of H-pyrrole nitrogens is 1. The number of carboxylic acids is 1. The predicted molar refractivity (Wildman–Crippen MR) is 69.2 cm³/mol. The first kappa shape index (κ1) is 14.3. The van der Waals surface area contributed by atoms with Gasteiger partial charge in [0.05, 0.1) is 18.5 Å². The molecule has 1 aromatic rings. The molecule has 1 aliphatic heterocycles. The van der Waals surface area contributed by atoms with Crippen molar-refractivity contribution in [2.75, 3.05) is 13.2 Å². The van der Waals surface area contributed by atoms with Gasteiger partial charge in [-0.05, 0) is 13.3 Å². The first-order valence-corrected chi connectivity index (χ1v) is 6.35. The maximum atomic E-state index is 11.9. The average molecular weight is 282 g/mol. The van der Waals surface area contributed by atoms with Gasteiger partial charge >= 0.3 is 12.0 Å². The maximum Gasteiger partial charge on any atom is 0.326 e. The Hall–Kier alpha value is -2.09. The second kappa shape index (κ2) is 5.91. The minimum absolute atomic E-state index is 0.149. The van der Waals surface area contributed by atoms with Crippen molar-refractivity contribution >= 4 is 12.0 Å². The quantitative estimate of drug-likeness (QED) is 0.601. The highest BCUT2D eigenvalue weighted by Crippen LogP contribution is 2.17. The summed E-state index contributed by atoms with van der Waals surface area (Å²) in [5, 5.41) is 14.4. The van der Waals surface area contributed by atoms with Crippen LogP contribution in [0.3, 0.4) is 0 Å². The van der Waals surface area contributed by atoms with Crippen molar-refractivity contribution in [1.82, 2.24) is 20.6 Å². The zero-order valence-electron chi connectivity index (χ0n) is 11.2. The topological polar surface area (TPSA) is 116 Å². The molecule has 2 unspecified atom stereocenters. The number of aliphatic carboxylic acids is 1. The third-order valence-corrected chi connectivity index (χ3v) is 3.22. The smallest absolute Gasteiger partial charge is 0.326 e. The van der Waals surface area contributed by atoms with Crippen molar-refractivity contribution in [2.45, 2.75) is 31.3 Å². The Kier molecular flexibility index (Phi) is 4.23. The molecule has 2 amide bonds. The van der Waals surface area contributed by atoms with E-state index in [9.17, 15) is 9.59 Å². The molecular weight excluding hydrogens is 264 g/mol. The molecule has 20 heavy (non-hydrogen) atoms. The number of imidazole rings is 1. The zero-order valence-corrected chi connectivity index (χ0v) is 11.2. The number of carboxylic acid groups (broad SMARTS) is 1. The lowest BCUT2D eigenvalue weighted by Gasteiger charge is -2.25. The summed E-state index contributed by atoms with van der Waals surface area (Å²) in [5.74, 6) is -1.09. The Morgan fingerprint density at radius 2 is 2.45 bits per heavy atom. The summed E-state index contributed by atoms with van der Waals surface area (Å²) in [6.45, 7) is 2.89. The summed E-state index contributed by atoms with van der Waals surface area (Å²) < 4.78 is 5.23. The molecular formula is C12H18N4O4. The number of carbonyl (C=O) groups is 2. The molecule has 0 bridgehead atoms. The predicted octanol–water partition coefficient (Wildman–Crippen LogP) is -0.116. The molecule has 1 aliphatic rings. The number of rotatable bonds is 5. The summed E-state index contributed by atoms with van der Waals surface area (Å²) in [6, 6.07) is -1.52. The second-order valence-electron chi connectivity index (χ2n) is 5.13. The molecule has 0 aromatic carbocycles. The fourth-order valence-corrected chi connectivity index (χ4v) is 2.05. The standard InChI is InChI=1S/C12H18N4O4/c1-12(2-3-20-6-12)16-11(19)15-9(10(17)18)4-8-5-13-7-14-8/h5,7,9H,2-4,6H2,1H3,(H,13,14)(H,17,18)(H2,15,16,19). The lowest BCUT2D eigenvalue weighted by Crippen LogP contribution is -2.54. The van der Waals surface area contributed by atoms with Crippen LogP contribution < -0.4 is 10.6 Å². The molecule has 8 heteroatoms. The van der Waals surface area contributed by atoms with Crippen LogP contribution in [-0.2, 0) is 16.0 Å². The highest BCUT2D eigenvalue weighted by molar-refractivity contribution is 5.83. The Labute approximate surface area is 115 Å². The van der Waals surface area contributed by atoms with Crippen molar-refractivity contribution in [1.29, 1.82) is 0 Å². The number of ether oxygens (including phenoxy) is 1. The molecule has 110 valence electrons. The number of amides is 2. The second-order valence-corrected chi connectivity index (χ2v) is 5.13. The van der Waals surface area contributed by atoms with E-state index in [0.717, 1.165) is 0 Å². The van der Waals surface area contributed by atoms with E-state index in [1.54, 1.807) is 0 Å². The van der Waals surface area contributed by atoms with E-state index in [1.165, 1.54) is 12.5 Å². The molecule has 0 aliphatic carbocycles. The molecule has 1 fully saturated rings. The molecule has 2 rings (SSSR count). The monoisotopic (exact) mass is 282 g/mol. The van der Waals surface area contributed by atoms with E-state index < -0.39 is 23.6 Å². The molecule has 2 heterocycles. The number of aromatic nitrogens is 2. The Balaban J connectivity index is 1.90. The first-order chi connectivity index (χ1) is 9.48. The highest BCUT2D eigenvalue weighted by atomic mass is 16.5. The number of hydrogen-bond acceptors (Lipinski definition) is 4. The fourth-order valence-electron chi connectivity index (χ4n) is 2.05. The summed E-state index contributed by atoms with van der Waals surface area (Å²) in [5.41, 5.74) is 0.203. The number of hydrogen-bond donors (Lipinski definition) is 4. The largest absolute Gasteiger partial charge is 0.480 e. The summed E-state index contributed by atoms with van der Waals surface area (Å²) >= 11 is 0. The average Bonchev–Trinajstić information content (AvgIpc) is 3.00. The molecule has 0 spiro atoms. The molecule has 0 radical (unpaired) electrons. The number of urea groups is 1. The van der Waals surface area contributed by atoms with Gasteiger partial charge < -0.3 is 25.5 Å². The summed E-state index contributed by atoms with van der Waals surface area (Å²) in [4.78, 5) is 29.7. The molecule has 8 nitrogen and oxygen atoms in total. The number of nitrogens with one attached hydrogen (secondary N) is 3. The van der Waals surface area contributed by atoms with Gasteiger partial charge in [0.1, 0.15) is 6.04 Å². The Bertz CT molecular complexity index is 468. The molecule has 1 saturated heterocycles. The van der Waals surface area contributed by atoms with E-state index in [4.69, 9.17) is 9.84 Å². The van der Waals surface area contributed by atoms with Gasteiger partial charge in [0, 0.05) is 24.9 Å².